The van der Waals surface area contributed by atoms with Crippen molar-refractivity contribution in [2.75, 3.05) is 20.1 Å². The zero-order valence-electron chi connectivity index (χ0n) is 9.19. The second kappa shape index (κ2) is 5.11. The minimum absolute atomic E-state index is 0.0188. The lowest BCUT2D eigenvalue weighted by atomic mass is 9.91. The van der Waals surface area contributed by atoms with Crippen LogP contribution in [-0.2, 0) is 9.59 Å². The van der Waals surface area contributed by atoms with Crippen LogP contribution in [0.25, 0.3) is 0 Å². The van der Waals surface area contributed by atoms with Gasteiger partial charge in [-0.15, -0.1) is 0 Å². The van der Waals surface area contributed by atoms with E-state index in [1.165, 1.54) is 6.92 Å². The summed E-state index contributed by atoms with van der Waals surface area (Å²) in [6.45, 7) is 2.78. The number of rotatable bonds is 3. The lowest BCUT2D eigenvalue weighted by Gasteiger charge is -2.36. The van der Waals surface area contributed by atoms with E-state index in [-0.39, 0.29) is 24.3 Å². The molecule has 1 heterocycles. The maximum Gasteiger partial charge on any atom is 0.303 e. The Hall–Kier alpha value is -1.10. The Bertz CT molecular complexity index is 255. The van der Waals surface area contributed by atoms with E-state index in [1.54, 1.807) is 4.90 Å². The highest BCUT2D eigenvalue weighted by molar-refractivity contribution is 5.73. The summed E-state index contributed by atoms with van der Waals surface area (Å²) >= 11 is 0. The van der Waals surface area contributed by atoms with E-state index < -0.39 is 5.97 Å². The summed E-state index contributed by atoms with van der Waals surface area (Å²) in [5, 5.41) is 11.8. The number of nitrogens with zero attached hydrogens (tertiary/aromatic N) is 1. The average molecular weight is 214 g/mol. The first-order chi connectivity index (χ1) is 7.02. The van der Waals surface area contributed by atoms with Gasteiger partial charge in [-0.2, -0.15) is 0 Å². The molecular weight excluding hydrogens is 196 g/mol. The third-order valence-electron chi connectivity index (χ3n) is 2.85. The first-order valence-corrected chi connectivity index (χ1v) is 5.17. The Morgan fingerprint density at radius 1 is 1.47 bits per heavy atom. The van der Waals surface area contributed by atoms with E-state index in [0.29, 0.717) is 13.1 Å². The number of carbonyl (C=O) groups excluding carboxylic acids is 1. The van der Waals surface area contributed by atoms with Gasteiger partial charge >= 0.3 is 5.97 Å². The van der Waals surface area contributed by atoms with Gasteiger partial charge in [0.25, 0.3) is 0 Å². The standard InChI is InChI=1S/C10H18N2O3/c1-7(13)12-5-8(4-10(14)15)3-9(6-12)11-2/h8-9,11H,3-6H2,1-2H3,(H,14,15). The molecule has 1 fully saturated rings. The summed E-state index contributed by atoms with van der Waals surface area (Å²) in [4.78, 5) is 23.6. The molecule has 2 atom stereocenters. The van der Waals surface area contributed by atoms with Crippen molar-refractivity contribution in [3.8, 4) is 0 Å². The van der Waals surface area contributed by atoms with E-state index in [4.69, 9.17) is 5.11 Å². The molecule has 1 saturated heterocycles. The topological polar surface area (TPSA) is 69.6 Å². The molecule has 5 heteroatoms. The number of aliphatic carboxylic acids is 1. The molecule has 0 aliphatic carbocycles. The minimum atomic E-state index is -0.791. The van der Waals surface area contributed by atoms with Gasteiger partial charge in [-0.3, -0.25) is 9.59 Å². The fourth-order valence-electron chi connectivity index (χ4n) is 2.06. The van der Waals surface area contributed by atoms with Gasteiger partial charge in [0.1, 0.15) is 0 Å². The molecule has 1 rings (SSSR count). The predicted octanol–water partition coefficient (Wildman–Crippen LogP) is -0.0825. The van der Waals surface area contributed by atoms with Crippen LogP contribution in [0.2, 0.25) is 0 Å². The van der Waals surface area contributed by atoms with E-state index >= 15 is 0 Å². The smallest absolute Gasteiger partial charge is 0.303 e. The number of carboxylic acid groups (broad SMARTS) is 1. The normalized spacial score (nSPS) is 26.4. The number of piperidine rings is 1. The summed E-state index contributed by atoms with van der Waals surface area (Å²) in [5.41, 5.74) is 0. The van der Waals surface area contributed by atoms with Crippen LogP contribution in [-0.4, -0.2) is 48.1 Å². The van der Waals surface area contributed by atoms with Crippen molar-refractivity contribution in [1.29, 1.82) is 0 Å². The molecule has 0 saturated carbocycles. The van der Waals surface area contributed by atoms with Crippen LogP contribution in [0.15, 0.2) is 0 Å². The molecule has 2 N–H and O–H groups in total. The lowest BCUT2D eigenvalue weighted by Crippen LogP contribution is -2.50. The number of carboxylic acids is 1. The van der Waals surface area contributed by atoms with Crippen LogP contribution in [0.5, 0.6) is 0 Å². The summed E-state index contributed by atoms with van der Waals surface area (Å²) < 4.78 is 0. The van der Waals surface area contributed by atoms with Gasteiger partial charge in [-0.05, 0) is 19.4 Å². The van der Waals surface area contributed by atoms with Crippen LogP contribution in [0.1, 0.15) is 19.8 Å². The van der Waals surface area contributed by atoms with Gasteiger partial charge in [-0.25, -0.2) is 0 Å². The maximum absolute atomic E-state index is 11.2. The van der Waals surface area contributed by atoms with Gasteiger partial charge < -0.3 is 15.3 Å². The second-order valence-electron chi connectivity index (χ2n) is 4.11. The maximum atomic E-state index is 11.2. The molecule has 0 aromatic carbocycles. The Balaban J connectivity index is 2.58. The Labute approximate surface area is 89.4 Å². The third-order valence-corrected chi connectivity index (χ3v) is 2.85. The largest absolute Gasteiger partial charge is 0.481 e. The number of likely N-dealkylation sites (N-methyl/N-ethyl adjacent to an activating group) is 1. The SMILES string of the molecule is CNC1CC(CC(=O)O)CN(C(C)=O)C1. The van der Waals surface area contributed by atoms with Crippen molar-refractivity contribution >= 4 is 11.9 Å². The number of likely N-dealkylation sites (tertiary alicyclic amines) is 1. The van der Waals surface area contributed by atoms with Crippen LogP contribution in [0.4, 0.5) is 0 Å². The molecule has 0 spiro atoms. The Morgan fingerprint density at radius 3 is 2.60 bits per heavy atom. The fourth-order valence-corrected chi connectivity index (χ4v) is 2.06. The number of carbonyl (C=O) groups is 2. The van der Waals surface area contributed by atoms with E-state index in [1.807, 2.05) is 7.05 Å². The molecule has 15 heavy (non-hydrogen) atoms. The monoisotopic (exact) mass is 214 g/mol. The van der Waals surface area contributed by atoms with Gasteiger partial charge in [-0.1, -0.05) is 0 Å². The van der Waals surface area contributed by atoms with Crippen LogP contribution >= 0.6 is 0 Å². The molecule has 86 valence electrons. The van der Waals surface area contributed by atoms with Crippen molar-refractivity contribution in [2.45, 2.75) is 25.8 Å². The van der Waals surface area contributed by atoms with Gasteiger partial charge in [0.2, 0.25) is 5.91 Å². The quantitative estimate of drug-likeness (QED) is 0.689. The molecule has 1 aliphatic rings. The van der Waals surface area contributed by atoms with Crippen molar-refractivity contribution in [3.05, 3.63) is 0 Å². The fraction of sp³-hybridized carbons (Fsp3) is 0.800. The highest BCUT2D eigenvalue weighted by Crippen LogP contribution is 2.19. The van der Waals surface area contributed by atoms with Crippen molar-refractivity contribution < 1.29 is 14.7 Å². The van der Waals surface area contributed by atoms with Crippen molar-refractivity contribution in [1.82, 2.24) is 10.2 Å². The number of amides is 1. The number of hydrogen-bond acceptors (Lipinski definition) is 3. The first kappa shape index (κ1) is 12.0. The molecule has 0 radical (unpaired) electrons. The summed E-state index contributed by atoms with van der Waals surface area (Å²) in [6.07, 6.45) is 0.967. The summed E-state index contributed by atoms with van der Waals surface area (Å²) in [7, 11) is 1.84. The van der Waals surface area contributed by atoms with E-state index in [2.05, 4.69) is 5.32 Å². The molecule has 0 aromatic heterocycles. The Kier molecular flexibility index (Phi) is 4.08. The van der Waals surface area contributed by atoms with Crippen LogP contribution < -0.4 is 5.32 Å². The predicted molar refractivity (Wildman–Crippen MR) is 55.5 cm³/mol. The van der Waals surface area contributed by atoms with Gasteiger partial charge in [0, 0.05) is 32.5 Å². The zero-order chi connectivity index (χ0) is 11.4. The van der Waals surface area contributed by atoms with Crippen LogP contribution in [0.3, 0.4) is 0 Å². The number of hydrogen-bond donors (Lipinski definition) is 2. The van der Waals surface area contributed by atoms with Crippen molar-refractivity contribution in [2.24, 2.45) is 5.92 Å². The molecule has 0 aromatic rings. The first-order valence-electron chi connectivity index (χ1n) is 5.17. The molecule has 0 bridgehead atoms. The molecule has 5 nitrogen and oxygen atoms in total. The molecule has 1 aliphatic heterocycles. The molecule has 1 amide bonds. The Morgan fingerprint density at radius 2 is 2.13 bits per heavy atom. The van der Waals surface area contributed by atoms with Crippen molar-refractivity contribution in [3.63, 3.8) is 0 Å². The highest BCUT2D eigenvalue weighted by Gasteiger charge is 2.28. The summed E-state index contributed by atoms with van der Waals surface area (Å²) in [6, 6.07) is 0.215. The molecule has 2 unspecified atom stereocenters. The second-order valence-corrected chi connectivity index (χ2v) is 4.11. The van der Waals surface area contributed by atoms with E-state index in [0.717, 1.165) is 6.42 Å². The van der Waals surface area contributed by atoms with Gasteiger partial charge in [0.15, 0.2) is 0 Å². The number of nitrogens with one attached hydrogen (secondary N) is 1. The highest BCUT2D eigenvalue weighted by atomic mass is 16.4. The van der Waals surface area contributed by atoms with Crippen LogP contribution in [0, 0.1) is 5.92 Å². The lowest BCUT2D eigenvalue weighted by molar-refractivity contribution is -0.140. The minimum Gasteiger partial charge on any atom is -0.481 e. The summed E-state index contributed by atoms with van der Waals surface area (Å²) in [5.74, 6) is -0.705. The average Bonchev–Trinajstić information content (AvgIpc) is 2.16. The van der Waals surface area contributed by atoms with Gasteiger partial charge in [0.05, 0.1) is 0 Å². The zero-order valence-corrected chi connectivity index (χ0v) is 9.19. The third kappa shape index (κ3) is 3.51. The molecular formula is C10H18N2O3. The van der Waals surface area contributed by atoms with E-state index in [9.17, 15) is 9.59 Å².